The van der Waals surface area contributed by atoms with Crippen LogP contribution in [0.4, 0.5) is 18.9 Å². The van der Waals surface area contributed by atoms with Crippen molar-refractivity contribution in [1.29, 1.82) is 0 Å². The summed E-state index contributed by atoms with van der Waals surface area (Å²) in [5, 5.41) is 9.58. The first-order valence-corrected chi connectivity index (χ1v) is 19.5. The Bertz CT molecular complexity index is 1580. The number of rotatable bonds is 13. The van der Waals surface area contributed by atoms with Crippen LogP contribution in [-0.2, 0) is 30.0 Å². The Morgan fingerprint density at radius 3 is 2.22 bits per heavy atom. The van der Waals surface area contributed by atoms with E-state index in [4.69, 9.17) is 18.9 Å². The van der Waals surface area contributed by atoms with Gasteiger partial charge in [0.05, 0.1) is 37.3 Å². The first kappa shape index (κ1) is 40.3. The van der Waals surface area contributed by atoms with E-state index in [1.165, 1.54) is 6.07 Å². The summed E-state index contributed by atoms with van der Waals surface area (Å²) in [6.07, 6.45) is 0.765. The number of likely N-dealkylation sites (tertiary alicyclic amines) is 2. The Morgan fingerprint density at radius 2 is 1.63 bits per heavy atom. The van der Waals surface area contributed by atoms with Crippen molar-refractivity contribution in [1.82, 2.24) is 9.80 Å². The highest BCUT2D eigenvalue weighted by atomic mass is 19.4. The number of methoxy groups -OCH3 is 2. The van der Waals surface area contributed by atoms with Gasteiger partial charge in [-0.1, -0.05) is 18.2 Å². The molecule has 6 rings (SSSR count). The van der Waals surface area contributed by atoms with Gasteiger partial charge in [0.2, 0.25) is 0 Å². The number of carbonyl (C=O) groups excluding carboxylic acids is 1. The molecule has 1 amide bonds. The SMILES string of the molecule is CCOC[C@@H]1C[C@@H](c2ccc(C(F)(F)F)cc2N2CCC(C(=O)O)CC2)CN1C(=O)[C@]1(OC)CN([C@H]2CC[C@H](OCC)CC2)C[C@H]1c1ccc(OC)cc1. The van der Waals surface area contributed by atoms with Crippen molar-refractivity contribution in [2.45, 2.75) is 101 Å². The summed E-state index contributed by atoms with van der Waals surface area (Å²) in [7, 11) is 3.24. The van der Waals surface area contributed by atoms with Crippen LogP contribution >= 0.6 is 0 Å². The molecule has 10 nitrogen and oxygen atoms in total. The molecule has 4 atom stereocenters. The van der Waals surface area contributed by atoms with Gasteiger partial charge in [0.25, 0.3) is 5.91 Å². The quantitative estimate of drug-likeness (QED) is 0.243. The number of anilines is 1. The second kappa shape index (κ2) is 17.2. The zero-order valence-corrected chi connectivity index (χ0v) is 32.0. The van der Waals surface area contributed by atoms with Gasteiger partial charge in [-0.15, -0.1) is 0 Å². The van der Waals surface area contributed by atoms with E-state index in [-0.39, 0.29) is 42.5 Å². The molecule has 3 saturated heterocycles. The summed E-state index contributed by atoms with van der Waals surface area (Å²) in [5.41, 5.74) is 0.192. The lowest BCUT2D eigenvalue weighted by Gasteiger charge is -2.39. The maximum atomic E-state index is 15.4. The third-order valence-electron chi connectivity index (χ3n) is 12.4. The highest BCUT2D eigenvalue weighted by molar-refractivity contribution is 5.88. The van der Waals surface area contributed by atoms with Crippen molar-refractivity contribution in [3.05, 3.63) is 59.2 Å². The van der Waals surface area contributed by atoms with E-state index in [0.29, 0.717) is 70.9 Å². The number of hydrogen-bond acceptors (Lipinski definition) is 8. The molecule has 0 spiro atoms. The summed E-state index contributed by atoms with van der Waals surface area (Å²) in [6.45, 7) is 7.37. The molecule has 3 aliphatic heterocycles. The standard InChI is InChI=1S/C41H56F3N3O7/c1-5-53-25-32-21-29(35-16-9-30(41(42,43)44)22-37(35)45-19-17-28(18-20-45)38(48)49)23-47(32)39(50)40(52-4)26-46(31-10-14-34(15-11-31)54-6-2)24-36(40)27-7-12-33(51-3)13-8-27/h7-9,12-13,16,22,28-29,31-32,34,36H,5-6,10-11,14-15,17-21,23-26H2,1-4H3,(H,48,49)/t29-,31-,32+,34-,36+,40+/m1/s1. The van der Waals surface area contributed by atoms with Gasteiger partial charge in [-0.3, -0.25) is 14.5 Å². The maximum absolute atomic E-state index is 15.4. The molecule has 4 aliphatic rings. The van der Waals surface area contributed by atoms with Crippen molar-refractivity contribution < 1.29 is 46.8 Å². The molecule has 298 valence electrons. The van der Waals surface area contributed by atoms with Gasteiger partial charge in [0.1, 0.15) is 5.75 Å². The van der Waals surface area contributed by atoms with E-state index >= 15 is 4.79 Å². The number of carbonyl (C=O) groups is 2. The summed E-state index contributed by atoms with van der Waals surface area (Å²) in [6, 6.07) is 11.7. The molecule has 0 radical (unpaired) electrons. The highest BCUT2D eigenvalue weighted by Crippen LogP contribution is 2.47. The van der Waals surface area contributed by atoms with Gasteiger partial charge in [-0.25, -0.2) is 0 Å². The molecule has 1 aliphatic carbocycles. The number of piperidine rings is 1. The number of amides is 1. The van der Waals surface area contributed by atoms with Crippen LogP contribution in [0.1, 0.15) is 87.3 Å². The number of carboxylic acids is 1. The molecule has 1 saturated carbocycles. The molecule has 13 heteroatoms. The van der Waals surface area contributed by atoms with Crippen LogP contribution in [0.2, 0.25) is 0 Å². The van der Waals surface area contributed by atoms with Gasteiger partial charge in [0.15, 0.2) is 5.60 Å². The van der Waals surface area contributed by atoms with Crippen molar-refractivity contribution in [3.8, 4) is 5.75 Å². The van der Waals surface area contributed by atoms with Crippen LogP contribution in [0.5, 0.6) is 5.75 Å². The molecule has 2 aromatic rings. The predicted molar refractivity (Wildman–Crippen MR) is 198 cm³/mol. The molecule has 54 heavy (non-hydrogen) atoms. The van der Waals surface area contributed by atoms with Crippen LogP contribution < -0.4 is 9.64 Å². The number of carboxylic acid groups (broad SMARTS) is 1. The third-order valence-corrected chi connectivity index (χ3v) is 12.4. The van der Waals surface area contributed by atoms with E-state index in [0.717, 1.165) is 48.6 Å². The molecule has 0 aromatic heterocycles. The fraction of sp³-hybridized carbons (Fsp3) is 0.659. The Hall–Kier alpha value is -3.39. The lowest BCUT2D eigenvalue weighted by Crippen LogP contribution is -2.57. The fourth-order valence-corrected chi connectivity index (χ4v) is 9.42. The van der Waals surface area contributed by atoms with E-state index < -0.39 is 29.2 Å². The van der Waals surface area contributed by atoms with Gasteiger partial charge in [-0.05, 0) is 94.2 Å². The highest BCUT2D eigenvalue weighted by Gasteiger charge is 2.58. The van der Waals surface area contributed by atoms with Crippen molar-refractivity contribution in [2.24, 2.45) is 5.92 Å². The number of alkyl halides is 3. The van der Waals surface area contributed by atoms with E-state index in [2.05, 4.69) is 4.90 Å². The summed E-state index contributed by atoms with van der Waals surface area (Å²) < 4.78 is 66.0. The third kappa shape index (κ3) is 8.39. The summed E-state index contributed by atoms with van der Waals surface area (Å²) >= 11 is 0. The number of aliphatic carboxylic acids is 1. The Balaban J connectivity index is 1.33. The zero-order chi connectivity index (χ0) is 38.6. The Kier molecular flexibility index (Phi) is 12.8. The van der Waals surface area contributed by atoms with Gasteiger partial charge < -0.3 is 33.9 Å². The van der Waals surface area contributed by atoms with Crippen LogP contribution in [0.3, 0.4) is 0 Å². The first-order valence-electron chi connectivity index (χ1n) is 19.5. The van der Waals surface area contributed by atoms with Crippen molar-refractivity contribution in [2.75, 3.05) is 71.7 Å². The molecular weight excluding hydrogens is 703 g/mol. The van der Waals surface area contributed by atoms with E-state index in [1.807, 2.05) is 47.9 Å². The van der Waals surface area contributed by atoms with Gasteiger partial charge in [-0.2, -0.15) is 13.2 Å². The zero-order valence-electron chi connectivity index (χ0n) is 32.0. The monoisotopic (exact) mass is 759 g/mol. The lowest BCUT2D eigenvalue weighted by atomic mass is 9.83. The van der Waals surface area contributed by atoms with E-state index in [9.17, 15) is 23.1 Å². The van der Waals surface area contributed by atoms with Crippen LogP contribution in [-0.4, -0.2) is 117 Å². The van der Waals surface area contributed by atoms with E-state index in [1.54, 1.807) is 20.3 Å². The van der Waals surface area contributed by atoms with Crippen molar-refractivity contribution >= 4 is 17.6 Å². The minimum atomic E-state index is -4.54. The summed E-state index contributed by atoms with van der Waals surface area (Å²) in [5.74, 6) is -1.38. The molecule has 0 bridgehead atoms. The number of nitrogens with zero attached hydrogens (tertiary/aromatic N) is 3. The average molecular weight is 760 g/mol. The second-order valence-corrected chi connectivity index (χ2v) is 15.3. The average Bonchev–Trinajstić information content (AvgIpc) is 3.80. The number of hydrogen-bond donors (Lipinski definition) is 1. The minimum absolute atomic E-state index is 0.140. The summed E-state index contributed by atoms with van der Waals surface area (Å²) in [4.78, 5) is 33.2. The molecule has 3 heterocycles. The molecule has 1 N–H and O–H groups in total. The molecule has 0 unspecified atom stereocenters. The number of ether oxygens (including phenoxy) is 4. The fourth-order valence-electron chi connectivity index (χ4n) is 9.42. The topological polar surface area (TPSA) is 101 Å². The molecule has 2 aromatic carbocycles. The lowest BCUT2D eigenvalue weighted by molar-refractivity contribution is -0.157. The maximum Gasteiger partial charge on any atom is 0.416 e. The Labute approximate surface area is 316 Å². The minimum Gasteiger partial charge on any atom is -0.497 e. The largest absolute Gasteiger partial charge is 0.497 e. The number of halogens is 3. The van der Waals surface area contributed by atoms with Crippen LogP contribution in [0.15, 0.2) is 42.5 Å². The normalized spacial score (nSPS) is 28.5. The van der Waals surface area contributed by atoms with Gasteiger partial charge in [0, 0.05) is 76.6 Å². The Morgan fingerprint density at radius 1 is 0.926 bits per heavy atom. The van der Waals surface area contributed by atoms with Gasteiger partial charge >= 0.3 is 12.1 Å². The molecule has 4 fully saturated rings. The van der Waals surface area contributed by atoms with Crippen LogP contribution in [0, 0.1) is 5.92 Å². The predicted octanol–water partition coefficient (Wildman–Crippen LogP) is 6.57. The number of benzene rings is 2. The van der Waals surface area contributed by atoms with Crippen molar-refractivity contribution in [3.63, 3.8) is 0 Å². The van der Waals surface area contributed by atoms with Crippen LogP contribution in [0.25, 0.3) is 0 Å². The smallest absolute Gasteiger partial charge is 0.416 e. The molecular formula is C41H56F3N3O7. The first-order chi connectivity index (χ1) is 25.9. The second-order valence-electron chi connectivity index (χ2n) is 15.3.